The van der Waals surface area contributed by atoms with Crippen molar-refractivity contribution in [2.45, 2.75) is 49.0 Å². The maximum absolute atomic E-state index is 13.4. The van der Waals surface area contributed by atoms with Crippen LogP contribution >= 0.6 is 39.5 Å². The number of carbonyl (C=O) groups is 2. The molecule has 0 saturated heterocycles. The number of hydrogen-bond acceptors (Lipinski definition) is 5. The lowest BCUT2D eigenvalue weighted by Crippen LogP contribution is -2.43. The summed E-state index contributed by atoms with van der Waals surface area (Å²) >= 11 is 7.07. The van der Waals surface area contributed by atoms with Crippen molar-refractivity contribution in [1.29, 1.82) is 0 Å². The molecule has 8 heteroatoms. The Morgan fingerprint density at radius 2 is 2.11 bits per heavy atom. The molecule has 5 nitrogen and oxygen atoms in total. The lowest BCUT2D eigenvalue weighted by molar-refractivity contribution is -0.434. The second-order valence-electron chi connectivity index (χ2n) is 8.84. The van der Waals surface area contributed by atoms with E-state index in [1.54, 1.807) is 11.7 Å². The van der Waals surface area contributed by atoms with E-state index >= 15 is 0 Å². The zero-order chi connectivity index (χ0) is 24.6. The Kier molecular flexibility index (Phi) is 9.75. The van der Waals surface area contributed by atoms with E-state index in [0.29, 0.717) is 11.4 Å². The fourth-order valence-electron chi connectivity index (χ4n) is 4.46. The van der Waals surface area contributed by atoms with Crippen LogP contribution in [-0.2, 0) is 9.59 Å². The molecule has 1 aromatic carbocycles. The van der Waals surface area contributed by atoms with Crippen molar-refractivity contribution in [3.63, 3.8) is 0 Å². The molecule has 1 aromatic rings. The van der Waals surface area contributed by atoms with Gasteiger partial charge in [0.1, 0.15) is 15.9 Å². The van der Waals surface area contributed by atoms with E-state index in [4.69, 9.17) is 4.74 Å². The number of halogens is 1. The van der Waals surface area contributed by atoms with E-state index < -0.39 is 0 Å². The SMILES string of the molecule is COc1ccc(/C=C2/SC3C=CC=CC3=[N+](CC(=O)NCCCSC3CCCCC3)C2=O)cc1Br. The van der Waals surface area contributed by atoms with Crippen molar-refractivity contribution in [3.05, 3.63) is 57.4 Å². The number of fused-ring (bicyclic) bond motifs is 1. The van der Waals surface area contributed by atoms with Crippen LogP contribution in [0.3, 0.4) is 0 Å². The monoisotopic (exact) mass is 575 g/mol. The zero-order valence-electron chi connectivity index (χ0n) is 20.0. The van der Waals surface area contributed by atoms with Gasteiger partial charge in [-0.3, -0.25) is 4.79 Å². The van der Waals surface area contributed by atoms with E-state index in [0.717, 1.165) is 38.9 Å². The Morgan fingerprint density at radius 3 is 2.89 bits per heavy atom. The smallest absolute Gasteiger partial charge is 0.426 e. The Morgan fingerprint density at radius 1 is 1.29 bits per heavy atom. The van der Waals surface area contributed by atoms with Gasteiger partial charge in [0.2, 0.25) is 12.3 Å². The average Bonchev–Trinajstić information content (AvgIpc) is 2.87. The Labute approximate surface area is 224 Å². The van der Waals surface area contributed by atoms with Gasteiger partial charge >= 0.3 is 5.91 Å². The van der Waals surface area contributed by atoms with E-state index in [9.17, 15) is 9.59 Å². The number of rotatable bonds is 9. The third-order valence-corrected chi connectivity index (χ3v) is 9.59. The molecule has 1 fully saturated rings. The zero-order valence-corrected chi connectivity index (χ0v) is 23.2. The van der Waals surface area contributed by atoms with Crippen molar-refractivity contribution < 1.29 is 18.9 Å². The average molecular weight is 577 g/mol. The molecule has 2 aliphatic carbocycles. The highest BCUT2D eigenvalue weighted by Gasteiger charge is 2.39. The van der Waals surface area contributed by atoms with Crippen LogP contribution in [0.5, 0.6) is 5.75 Å². The molecular weight excluding hydrogens is 544 g/mol. The number of amides is 2. The standard InChI is InChI=1S/C27H31BrN2O3S2/c1-33-23-13-12-19(16-21(23)28)17-25-27(32)30(22-10-5-6-11-24(22)35-25)18-26(31)29-14-7-15-34-20-8-3-2-4-9-20/h5-6,10-13,16-17,20,24H,2-4,7-9,14-15,18H2,1H3/p+1/b25-17+. The summed E-state index contributed by atoms with van der Waals surface area (Å²) in [6.07, 6.45) is 17.5. The minimum absolute atomic E-state index is 0.00494. The molecule has 1 unspecified atom stereocenters. The molecule has 0 aromatic heterocycles. The Hall–Kier alpha value is -1.77. The highest BCUT2D eigenvalue weighted by Crippen LogP contribution is 2.34. The third-order valence-electron chi connectivity index (χ3n) is 6.30. The number of nitrogens with zero attached hydrogens (tertiary/aromatic N) is 1. The fraction of sp³-hybridized carbons (Fsp3) is 0.444. The van der Waals surface area contributed by atoms with E-state index in [1.165, 1.54) is 43.9 Å². The van der Waals surface area contributed by atoms with Crippen molar-refractivity contribution in [2.24, 2.45) is 0 Å². The Balaban J connectivity index is 1.38. The van der Waals surface area contributed by atoms with Gasteiger partial charge in [-0.05, 0) is 64.7 Å². The number of allylic oxidation sites excluding steroid dienone is 3. The minimum atomic E-state index is -0.142. The number of ether oxygens (including phenoxy) is 1. The van der Waals surface area contributed by atoms with Gasteiger partial charge in [-0.2, -0.15) is 11.8 Å². The predicted octanol–water partition coefficient (Wildman–Crippen LogP) is 5.59. The molecule has 0 spiro atoms. The van der Waals surface area contributed by atoms with Gasteiger partial charge in [0.05, 0.1) is 11.6 Å². The van der Waals surface area contributed by atoms with Gasteiger partial charge in [-0.25, -0.2) is 4.79 Å². The van der Waals surface area contributed by atoms with Crippen LogP contribution in [0.25, 0.3) is 6.08 Å². The van der Waals surface area contributed by atoms with Crippen molar-refractivity contribution >= 4 is 63.1 Å². The van der Waals surface area contributed by atoms with E-state index in [-0.39, 0.29) is 23.6 Å². The molecule has 186 valence electrons. The van der Waals surface area contributed by atoms with E-state index in [1.807, 2.05) is 54.3 Å². The van der Waals surface area contributed by atoms with Gasteiger partial charge < -0.3 is 10.1 Å². The summed E-state index contributed by atoms with van der Waals surface area (Å²) < 4.78 is 7.76. The lowest BCUT2D eigenvalue weighted by Gasteiger charge is -2.21. The molecule has 35 heavy (non-hydrogen) atoms. The highest BCUT2D eigenvalue weighted by molar-refractivity contribution is 9.10. The quantitative estimate of drug-likeness (QED) is 0.236. The van der Waals surface area contributed by atoms with Crippen LogP contribution < -0.4 is 10.1 Å². The first-order valence-electron chi connectivity index (χ1n) is 12.2. The summed E-state index contributed by atoms with van der Waals surface area (Å²) in [7, 11) is 1.62. The molecular formula is C27H32BrN2O3S2+. The summed E-state index contributed by atoms with van der Waals surface area (Å²) in [5.41, 5.74) is 1.76. The normalized spacial score (nSPS) is 21.4. The van der Waals surface area contributed by atoms with Crippen LogP contribution in [0.15, 0.2) is 51.9 Å². The third kappa shape index (κ3) is 7.14. The maximum Gasteiger partial charge on any atom is 0.426 e. The van der Waals surface area contributed by atoms with Gasteiger partial charge in [0, 0.05) is 17.9 Å². The number of benzene rings is 1. The number of hydrogen-bond donors (Lipinski definition) is 1. The second kappa shape index (κ2) is 13.0. The van der Waals surface area contributed by atoms with Crippen LogP contribution in [0.1, 0.15) is 44.1 Å². The fourth-order valence-corrected chi connectivity index (χ4v) is 7.51. The summed E-state index contributed by atoms with van der Waals surface area (Å²) in [6.45, 7) is 0.676. The Bertz CT molecular complexity index is 1070. The van der Waals surface area contributed by atoms with Crippen molar-refractivity contribution in [3.8, 4) is 5.75 Å². The van der Waals surface area contributed by atoms with Gasteiger partial charge in [-0.15, -0.1) is 4.58 Å². The van der Waals surface area contributed by atoms with Crippen LogP contribution in [0.4, 0.5) is 0 Å². The molecule has 3 aliphatic rings. The molecule has 0 radical (unpaired) electrons. The molecule has 1 atom stereocenters. The summed E-state index contributed by atoms with van der Waals surface area (Å²) in [4.78, 5) is 26.8. The molecule has 2 amide bonds. The molecule has 4 rings (SSSR count). The second-order valence-corrected chi connectivity index (χ2v) is 12.3. The first-order chi connectivity index (χ1) is 17.0. The molecule has 0 bridgehead atoms. The van der Waals surface area contributed by atoms with E-state index in [2.05, 4.69) is 27.3 Å². The summed E-state index contributed by atoms with van der Waals surface area (Å²) in [6, 6.07) is 5.72. The molecule has 1 aliphatic heterocycles. The van der Waals surface area contributed by atoms with Crippen LogP contribution in [0, 0.1) is 0 Å². The first-order valence-corrected chi connectivity index (χ1v) is 14.9. The number of carbonyl (C=O) groups excluding carboxylic acids is 2. The maximum atomic E-state index is 13.4. The number of methoxy groups -OCH3 is 1. The first kappa shape index (κ1) is 26.3. The number of nitrogens with one attached hydrogen (secondary N) is 1. The van der Waals surface area contributed by atoms with Gasteiger partial charge in [-0.1, -0.05) is 55.3 Å². The molecule has 1 saturated carbocycles. The van der Waals surface area contributed by atoms with Crippen molar-refractivity contribution in [2.75, 3.05) is 26.0 Å². The van der Waals surface area contributed by atoms with Gasteiger partial charge in [0.25, 0.3) is 5.91 Å². The highest BCUT2D eigenvalue weighted by atomic mass is 79.9. The van der Waals surface area contributed by atoms with Crippen LogP contribution in [-0.4, -0.2) is 58.6 Å². The van der Waals surface area contributed by atoms with Gasteiger partial charge in [0.15, 0.2) is 0 Å². The molecule has 1 N–H and O–H groups in total. The van der Waals surface area contributed by atoms with Crippen LogP contribution in [0.2, 0.25) is 0 Å². The van der Waals surface area contributed by atoms with Crippen molar-refractivity contribution in [1.82, 2.24) is 5.32 Å². The summed E-state index contributed by atoms with van der Waals surface area (Å²) in [5.74, 6) is 1.55. The largest absolute Gasteiger partial charge is 0.496 e. The summed E-state index contributed by atoms with van der Waals surface area (Å²) in [5, 5.41) is 3.82. The topological polar surface area (TPSA) is 58.4 Å². The minimum Gasteiger partial charge on any atom is -0.496 e. The predicted molar refractivity (Wildman–Crippen MR) is 150 cm³/mol. The number of thioether (sulfide) groups is 2. The molecule has 1 heterocycles. The lowest BCUT2D eigenvalue weighted by atomic mass is 10.0.